The summed E-state index contributed by atoms with van der Waals surface area (Å²) in [6.45, 7) is 6.21. The van der Waals surface area contributed by atoms with Gasteiger partial charge in [0.2, 0.25) is 0 Å². The van der Waals surface area contributed by atoms with E-state index in [-0.39, 0.29) is 22.6 Å². The van der Waals surface area contributed by atoms with Gasteiger partial charge >= 0.3 is 0 Å². The molecule has 0 saturated carbocycles. The van der Waals surface area contributed by atoms with Crippen molar-refractivity contribution in [1.29, 1.82) is 10.5 Å². The normalized spacial score (nSPS) is 21.6. The second kappa shape index (κ2) is 4.20. The molecule has 0 N–H and O–H groups in total. The first-order chi connectivity index (χ1) is 9.92. The Morgan fingerprint density at radius 2 is 2.00 bits per heavy atom. The van der Waals surface area contributed by atoms with Crippen molar-refractivity contribution < 1.29 is 4.79 Å². The number of allylic oxidation sites excluding steroid dienone is 1. The quantitative estimate of drug-likeness (QED) is 0.540. The maximum Gasteiger partial charge on any atom is 0.261 e. The van der Waals surface area contributed by atoms with Crippen molar-refractivity contribution >= 4 is 17.2 Å². The lowest BCUT2D eigenvalue weighted by atomic mass is 9.80. The van der Waals surface area contributed by atoms with Gasteiger partial charge < -0.3 is 4.90 Å². The molecule has 2 heterocycles. The summed E-state index contributed by atoms with van der Waals surface area (Å²) in [5.74, 6) is 0.110. The molecule has 0 aliphatic carbocycles. The van der Waals surface area contributed by atoms with Gasteiger partial charge in [-0.15, -0.1) is 0 Å². The highest BCUT2D eigenvalue weighted by Crippen LogP contribution is 2.51. The number of nitrogens with zero attached hydrogens (tertiary/aromatic N) is 3. The van der Waals surface area contributed by atoms with Gasteiger partial charge in [0.15, 0.2) is 0 Å². The molecule has 4 heteroatoms. The monoisotopic (exact) mass is 277 g/mol. The van der Waals surface area contributed by atoms with Crippen LogP contribution in [0.5, 0.6) is 0 Å². The summed E-state index contributed by atoms with van der Waals surface area (Å²) in [5.41, 5.74) is 2.53. The minimum atomic E-state index is -0.322. The molecule has 4 nitrogen and oxygen atoms in total. The SMILES string of the molecule is C[C@@H]1CC(C)(C)N2C(=O)C(=C(C#N)C#N)c3cccc1c32. The van der Waals surface area contributed by atoms with Gasteiger partial charge in [-0.25, -0.2) is 0 Å². The average molecular weight is 277 g/mol. The summed E-state index contributed by atoms with van der Waals surface area (Å²) in [4.78, 5) is 14.6. The van der Waals surface area contributed by atoms with Crippen molar-refractivity contribution in [3.05, 3.63) is 34.9 Å². The maximum atomic E-state index is 12.8. The Bertz CT molecular complexity index is 758. The second-order valence-electron chi connectivity index (χ2n) is 6.28. The third kappa shape index (κ3) is 1.63. The number of amides is 1. The Labute approximate surface area is 123 Å². The van der Waals surface area contributed by atoms with Crippen LogP contribution in [0.1, 0.15) is 44.2 Å². The minimum absolute atomic E-state index is 0.105. The topological polar surface area (TPSA) is 67.9 Å². The largest absolute Gasteiger partial charge is 0.302 e. The number of anilines is 1. The van der Waals surface area contributed by atoms with Crippen LogP contribution >= 0.6 is 0 Å². The zero-order chi connectivity index (χ0) is 15.4. The summed E-state index contributed by atoms with van der Waals surface area (Å²) in [5, 5.41) is 18.3. The van der Waals surface area contributed by atoms with Crippen molar-refractivity contribution in [3.8, 4) is 12.1 Å². The van der Waals surface area contributed by atoms with Gasteiger partial charge in [0, 0.05) is 11.1 Å². The van der Waals surface area contributed by atoms with Crippen LogP contribution in [-0.4, -0.2) is 11.4 Å². The Balaban J connectivity index is 2.40. The Kier molecular flexibility index (Phi) is 2.68. The van der Waals surface area contributed by atoms with Gasteiger partial charge in [-0.2, -0.15) is 10.5 Å². The zero-order valence-electron chi connectivity index (χ0n) is 12.3. The van der Waals surface area contributed by atoms with Gasteiger partial charge in [0.1, 0.15) is 17.7 Å². The molecule has 0 bridgehead atoms. The summed E-state index contributed by atoms with van der Waals surface area (Å²) in [6.07, 6.45) is 0.858. The van der Waals surface area contributed by atoms with E-state index in [0.717, 1.165) is 23.2 Å². The first-order valence-corrected chi connectivity index (χ1v) is 6.94. The molecule has 2 aliphatic rings. The number of hydrogen-bond donors (Lipinski definition) is 0. The van der Waals surface area contributed by atoms with Crippen LogP contribution in [0, 0.1) is 22.7 Å². The van der Waals surface area contributed by atoms with Crippen LogP contribution < -0.4 is 4.90 Å². The van der Waals surface area contributed by atoms with Crippen molar-refractivity contribution in [2.45, 2.75) is 38.6 Å². The highest BCUT2D eigenvalue weighted by atomic mass is 16.2. The molecular formula is C17H15N3O. The Morgan fingerprint density at radius 3 is 2.62 bits per heavy atom. The highest BCUT2D eigenvalue weighted by Gasteiger charge is 2.47. The molecule has 1 aromatic rings. The van der Waals surface area contributed by atoms with Crippen LogP contribution in [-0.2, 0) is 4.79 Å². The van der Waals surface area contributed by atoms with Gasteiger partial charge in [0.05, 0.1) is 11.3 Å². The molecule has 0 radical (unpaired) electrons. The van der Waals surface area contributed by atoms with Crippen LogP contribution in [0.15, 0.2) is 23.8 Å². The molecule has 1 atom stereocenters. The first kappa shape index (κ1) is 13.4. The van der Waals surface area contributed by atoms with Gasteiger partial charge in [-0.05, 0) is 31.7 Å². The third-order valence-electron chi connectivity index (χ3n) is 4.39. The van der Waals surface area contributed by atoms with E-state index in [1.54, 1.807) is 4.90 Å². The predicted octanol–water partition coefficient (Wildman–Crippen LogP) is 3.12. The van der Waals surface area contributed by atoms with E-state index >= 15 is 0 Å². The fourth-order valence-electron chi connectivity index (χ4n) is 3.65. The molecule has 0 fully saturated rings. The molecule has 0 spiro atoms. The van der Waals surface area contributed by atoms with E-state index < -0.39 is 0 Å². The average Bonchev–Trinajstić information content (AvgIpc) is 2.72. The van der Waals surface area contributed by atoms with Gasteiger partial charge in [0.25, 0.3) is 5.91 Å². The maximum absolute atomic E-state index is 12.8. The van der Waals surface area contributed by atoms with E-state index in [4.69, 9.17) is 10.5 Å². The lowest BCUT2D eigenvalue weighted by molar-refractivity contribution is -0.114. The summed E-state index contributed by atoms with van der Waals surface area (Å²) >= 11 is 0. The van der Waals surface area contributed by atoms with Crippen molar-refractivity contribution in [2.24, 2.45) is 0 Å². The number of nitriles is 2. The molecule has 0 aromatic heterocycles. The van der Waals surface area contributed by atoms with Gasteiger partial charge in [-0.1, -0.05) is 25.1 Å². The van der Waals surface area contributed by atoms with Crippen molar-refractivity contribution in [3.63, 3.8) is 0 Å². The number of rotatable bonds is 0. The summed E-state index contributed by atoms with van der Waals surface area (Å²) < 4.78 is 0. The lowest BCUT2D eigenvalue weighted by Gasteiger charge is -2.43. The fraction of sp³-hybridized carbons (Fsp3) is 0.353. The molecular weight excluding hydrogens is 262 g/mol. The van der Waals surface area contributed by atoms with E-state index in [9.17, 15) is 4.79 Å². The summed E-state index contributed by atoms with van der Waals surface area (Å²) in [7, 11) is 0. The van der Waals surface area contributed by atoms with Crippen LogP contribution in [0.4, 0.5) is 5.69 Å². The number of hydrogen-bond acceptors (Lipinski definition) is 3. The van der Waals surface area contributed by atoms with Crippen LogP contribution in [0.25, 0.3) is 5.57 Å². The second-order valence-corrected chi connectivity index (χ2v) is 6.28. The Morgan fingerprint density at radius 1 is 1.33 bits per heavy atom. The highest BCUT2D eigenvalue weighted by molar-refractivity contribution is 6.35. The zero-order valence-corrected chi connectivity index (χ0v) is 12.3. The van der Waals surface area contributed by atoms with Crippen molar-refractivity contribution in [1.82, 2.24) is 0 Å². The smallest absolute Gasteiger partial charge is 0.261 e. The standard InChI is InChI=1S/C17H15N3O/c1-10-7-17(2,3)20-15-12(10)5-4-6-13(15)14(16(20)21)11(8-18)9-19/h4-6,10H,7H2,1-3H3/t10-/m1/s1. The predicted molar refractivity (Wildman–Crippen MR) is 79.2 cm³/mol. The van der Waals surface area contributed by atoms with Gasteiger partial charge in [-0.3, -0.25) is 4.79 Å². The number of benzene rings is 1. The van der Waals surface area contributed by atoms with Crippen molar-refractivity contribution in [2.75, 3.05) is 4.90 Å². The fourth-order valence-corrected chi connectivity index (χ4v) is 3.65. The van der Waals surface area contributed by atoms with Crippen LogP contribution in [0.3, 0.4) is 0 Å². The number of carbonyl (C=O) groups is 1. The number of carbonyl (C=O) groups excluding carboxylic acids is 1. The minimum Gasteiger partial charge on any atom is -0.302 e. The third-order valence-corrected chi connectivity index (χ3v) is 4.39. The molecule has 104 valence electrons. The van der Waals surface area contributed by atoms with Crippen LogP contribution in [0.2, 0.25) is 0 Å². The van der Waals surface area contributed by atoms with E-state index in [2.05, 4.69) is 6.92 Å². The van der Waals surface area contributed by atoms with E-state index in [1.807, 2.05) is 44.2 Å². The molecule has 1 aromatic carbocycles. The first-order valence-electron chi connectivity index (χ1n) is 6.94. The molecule has 3 rings (SSSR count). The molecule has 21 heavy (non-hydrogen) atoms. The molecule has 1 amide bonds. The van der Waals surface area contributed by atoms with E-state index in [0.29, 0.717) is 5.92 Å². The summed E-state index contributed by atoms with van der Waals surface area (Å²) in [6, 6.07) is 9.47. The molecule has 2 aliphatic heterocycles. The molecule has 0 saturated heterocycles. The molecule has 0 unspecified atom stereocenters. The number of para-hydroxylation sites is 1. The Hall–Kier alpha value is -2.59. The van der Waals surface area contributed by atoms with E-state index in [1.165, 1.54) is 0 Å². The lowest BCUT2D eigenvalue weighted by Crippen LogP contribution is -2.49.